The lowest BCUT2D eigenvalue weighted by Gasteiger charge is -2.05. The number of rotatable bonds is 4. The van der Waals surface area contributed by atoms with E-state index in [0.717, 1.165) is 19.5 Å². The Labute approximate surface area is 87.8 Å². The van der Waals surface area contributed by atoms with E-state index in [1.54, 1.807) is 0 Å². The van der Waals surface area contributed by atoms with Crippen molar-refractivity contribution in [2.24, 2.45) is 0 Å². The van der Waals surface area contributed by atoms with E-state index in [1.807, 2.05) is 0 Å². The molecule has 1 aromatic rings. The summed E-state index contributed by atoms with van der Waals surface area (Å²) in [6.07, 6.45) is 1.12. The molecule has 0 aliphatic carbocycles. The van der Waals surface area contributed by atoms with Gasteiger partial charge < -0.3 is 0 Å². The topological polar surface area (TPSA) is 24.1 Å². The Hall–Kier alpha value is -0.640. The highest BCUT2D eigenvalue weighted by molar-refractivity contribution is 8.13. The summed E-state index contributed by atoms with van der Waals surface area (Å²) >= 11 is 0. The summed E-state index contributed by atoms with van der Waals surface area (Å²) in [5.74, 6) is 1.24. The SMILES string of the molecule is C1=S(NCCc2ccccc2)CCN1. The largest absolute Gasteiger partial charge is 0.288 e. The third kappa shape index (κ3) is 2.94. The molecule has 0 saturated carbocycles. The van der Waals surface area contributed by atoms with Crippen molar-refractivity contribution in [1.29, 1.82) is 0 Å². The molecule has 0 aromatic heterocycles. The molecule has 2 nitrogen and oxygen atoms in total. The van der Waals surface area contributed by atoms with Gasteiger partial charge >= 0.3 is 0 Å². The Kier molecular flexibility index (Phi) is 3.74. The first-order valence-electron chi connectivity index (χ1n) is 4.99. The second kappa shape index (κ2) is 5.29. The Balaban J connectivity index is 1.73. The van der Waals surface area contributed by atoms with Crippen LogP contribution in [0.3, 0.4) is 0 Å². The maximum atomic E-state index is 3.54. The van der Waals surface area contributed by atoms with Crippen LogP contribution in [-0.2, 0) is 6.42 Å². The molecule has 1 aliphatic rings. The Morgan fingerprint density at radius 3 is 2.86 bits per heavy atom. The van der Waals surface area contributed by atoms with Crippen molar-refractivity contribution >= 4 is 16.2 Å². The molecule has 14 heavy (non-hydrogen) atoms. The zero-order valence-corrected chi connectivity index (χ0v) is 9.02. The van der Waals surface area contributed by atoms with Gasteiger partial charge in [0.1, 0.15) is 0 Å². The van der Waals surface area contributed by atoms with Gasteiger partial charge in [-0.3, -0.25) is 10.0 Å². The van der Waals surface area contributed by atoms with Gasteiger partial charge in [0.2, 0.25) is 0 Å². The first kappa shape index (κ1) is 9.90. The van der Waals surface area contributed by atoms with Crippen molar-refractivity contribution in [3.05, 3.63) is 35.9 Å². The van der Waals surface area contributed by atoms with E-state index in [0.29, 0.717) is 10.7 Å². The quantitative estimate of drug-likeness (QED) is 0.730. The summed E-state index contributed by atoms with van der Waals surface area (Å²) in [6.45, 7) is 2.20. The highest BCUT2D eigenvalue weighted by atomic mass is 32.2. The highest BCUT2D eigenvalue weighted by Gasteiger charge is 2.00. The van der Waals surface area contributed by atoms with Gasteiger partial charge in [0.25, 0.3) is 0 Å². The van der Waals surface area contributed by atoms with Crippen LogP contribution in [0.5, 0.6) is 0 Å². The Bertz CT molecular complexity index is 308. The first-order valence-corrected chi connectivity index (χ1v) is 6.45. The molecule has 0 amide bonds. The van der Waals surface area contributed by atoms with E-state index in [-0.39, 0.29) is 0 Å². The molecule has 0 bridgehead atoms. The monoisotopic (exact) mass is 208 g/mol. The van der Waals surface area contributed by atoms with Crippen LogP contribution >= 0.6 is 10.7 Å². The Morgan fingerprint density at radius 1 is 1.29 bits per heavy atom. The molecule has 1 atom stereocenters. The van der Waals surface area contributed by atoms with Crippen LogP contribution in [0, 0.1) is 0 Å². The van der Waals surface area contributed by atoms with E-state index >= 15 is 0 Å². The van der Waals surface area contributed by atoms with Crippen LogP contribution in [0.2, 0.25) is 0 Å². The average Bonchev–Trinajstić information content (AvgIpc) is 2.72. The minimum absolute atomic E-state index is 0.313. The average molecular weight is 208 g/mol. The standard InChI is InChI=1S/C11H16N2S/c1-2-4-11(5-3-1)6-7-13-14-9-8-12-10-14/h1-5,10,12-13H,6-9H2. The fourth-order valence-electron chi connectivity index (χ4n) is 1.47. The molecule has 1 heterocycles. The van der Waals surface area contributed by atoms with Gasteiger partial charge in [0.05, 0.1) is 0 Å². The second-order valence-corrected chi connectivity index (χ2v) is 5.13. The molecule has 0 spiro atoms. The first-order chi connectivity index (χ1) is 6.95. The van der Waals surface area contributed by atoms with Crippen LogP contribution in [0.15, 0.2) is 30.3 Å². The van der Waals surface area contributed by atoms with Crippen molar-refractivity contribution in [1.82, 2.24) is 10.0 Å². The van der Waals surface area contributed by atoms with Crippen molar-refractivity contribution in [3.63, 3.8) is 0 Å². The van der Waals surface area contributed by atoms with Gasteiger partial charge in [0, 0.05) is 24.3 Å². The van der Waals surface area contributed by atoms with Crippen LogP contribution < -0.4 is 10.0 Å². The lowest BCUT2D eigenvalue weighted by atomic mass is 10.2. The molecule has 0 fully saturated rings. The molecule has 0 radical (unpaired) electrons. The predicted molar refractivity (Wildman–Crippen MR) is 64.7 cm³/mol. The number of hydrogen-bond donors (Lipinski definition) is 2. The number of benzene rings is 1. The normalized spacial score (nSPS) is 20.7. The summed E-state index contributed by atoms with van der Waals surface area (Å²) < 4.78 is 3.54. The molecule has 0 saturated heterocycles. The van der Waals surface area contributed by atoms with Crippen molar-refractivity contribution in [3.8, 4) is 0 Å². The van der Waals surface area contributed by atoms with Crippen molar-refractivity contribution in [2.45, 2.75) is 6.42 Å². The van der Waals surface area contributed by atoms with E-state index in [1.165, 1.54) is 11.3 Å². The molecule has 1 unspecified atom stereocenters. The van der Waals surface area contributed by atoms with E-state index in [4.69, 9.17) is 0 Å². The number of nitrogens with one attached hydrogen (secondary N) is 2. The summed E-state index contributed by atoms with van der Waals surface area (Å²) in [5.41, 5.74) is 3.60. The summed E-state index contributed by atoms with van der Waals surface area (Å²) in [5, 5.41) is 3.25. The van der Waals surface area contributed by atoms with Crippen LogP contribution in [0.25, 0.3) is 0 Å². The molecule has 2 N–H and O–H groups in total. The molecule has 2 rings (SSSR count). The molecule has 76 valence electrons. The van der Waals surface area contributed by atoms with Gasteiger partial charge in [-0.15, -0.1) is 10.7 Å². The van der Waals surface area contributed by atoms with Crippen LogP contribution in [-0.4, -0.2) is 24.3 Å². The molecule has 1 aromatic carbocycles. The molecule has 3 heteroatoms. The van der Waals surface area contributed by atoms with Gasteiger partial charge in [-0.2, -0.15) is 0 Å². The third-order valence-corrected chi connectivity index (χ3v) is 3.91. The van der Waals surface area contributed by atoms with E-state index < -0.39 is 0 Å². The fraction of sp³-hybridized carbons (Fsp3) is 0.364. The molecular formula is C11H16N2S. The van der Waals surface area contributed by atoms with Crippen molar-refractivity contribution in [2.75, 3.05) is 18.8 Å². The third-order valence-electron chi connectivity index (χ3n) is 2.24. The van der Waals surface area contributed by atoms with Gasteiger partial charge in [-0.25, -0.2) is 0 Å². The summed E-state index contributed by atoms with van der Waals surface area (Å²) in [7, 11) is 0.313. The predicted octanol–water partition coefficient (Wildman–Crippen LogP) is 1.37. The van der Waals surface area contributed by atoms with E-state index in [9.17, 15) is 0 Å². The lowest BCUT2D eigenvalue weighted by Crippen LogP contribution is -2.11. The summed E-state index contributed by atoms with van der Waals surface area (Å²) in [4.78, 5) is 0. The van der Waals surface area contributed by atoms with Gasteiger partial charge in [0.15, 0.2) is 0 Å². The van der Waals surface area contributed by atoms with Gasteiger partial charge in [-0.1, -0.05) is 30.3 Å². The van der Waals surface area contributed by atoms with Crippen LogP contribution in [0.4, 0.5) is 0 Å². The summed E-state index contributed by atoms with van der Waals surface area (Å²) in [6, 6.07) is 10.6. The zero-order valence-electron chi connectivity index (χ0n) is 8.20. The molecular weight excluding hydrogens is 192 g/mol. The smallest absolute Gasteiger partial charge is 0.0154 e. The lowest BCUT2D eigenvalue weighted by molar-refractivity contribution is 0.906. The van der Waals surface area contributed by atoms with Crippen molar-refractivity contribution < 1.29 is 0 Å². The maximum Gasteiger partial charge on any atom is 0.0154 e. The minimum Gasteiger partial charge on any atom is -0.288 e. The highest BCUT2D eigenvalue weighted by Crippen LogP contribution is 2.07. The maximum absolute atomic E-state index is 3.54. The fourth-order valence-corrected chi connectivity index (χ4v) is 2.84. The Morgan fingerprint density at radius 2 is 2.14 bits per heavy atom. The second-order valence-electron chi connectivity index (χ2n) is 3.33. The number of hydrogen-bond acceptors (Lipinski definition) is 2. The minimum atomic E-state index is 0.313. The van der Waals surface area contributed by atoms with E-state index in [2.05, 4.69) is 45.9 Å². The zero-order chi connectivity index (χ0) is 9.64. The van der Waals surface area contributed by atoms with Crippen LogP contribution in [0.1, 0.15) is 5.56 Å². The van der Waals surface area contributed by atoms with Gasteiger partial charge in [-0.05, 0) is 12.0 Å². The molecule has 1 aliphatic heterocycles.